The highest BCUT2D eigenvalue weighted by atomic mass is 16.5. The Labute approximate surface area is 144 Å². The molecule has 1 aromatic rings. The Morgan fingerprint density at radius 1 is 1.17 bits per heavy atom. The van der Waals surface area contributed by atoms with Gasteiger partial charge in [-0.3, -0.25) is 0 Å². The van der Waals surface area contributed by atoms with E-state index in [2.05, 4.69) is 29.3 Å². The molecular weight excluding hydrogens is 298 g/mol. The van der Waals surface area contributed by atoms with Crippen LogP contribution in [0.4, 0.5) is 5.82 Å². The van der Waals surface area contributed by atoms with E-state index in [1.807, 2.05) is 12.1 Å². The summed E-state index contributed by atoms with van der Waals surface area (Å²) in [5.74, 6) is 0.924. The number of allylic oxidation sites excluding steroid dienone is 2. The predicted molar refractivity (Wildman–Crippen MR) is 96.2 cm³/mol. The third kappa shape index (κ3) is 2.78. The van der Waals surface area contributed by atoms with Gasteiger partial charge in [-0.2, -0.15) is 0 Å². The van der Waals surface area contributed by atoms with Gasteiger partial charge in [0.05, 0.1) is 11.8 Å². The highest BCUT2D eigenvalue weighted by Gasteiger charge is 2.47. The van der Waals surface area contributed by atoms with Crippen molar-refractivity contribution in [1.29, 1.82) is 0 Å². The summed E-state index contributed by atoms with van der Waals surface area (Å²) in [5, 5.41) is 0. The van der Waals surface area contributed by atoms with E-state index >= 15 is 0 Å². The maximum atomic E-state index is 6.82. The van der Waals surface area contributed by atoms with Gasteiger partial charge in [-0.1, -0.05) is 23.8 Å². The van der Waals surface area contributed by atoms with Crippen molar-refractivity contribution in [1.82, 2.24) is 4.98 Å². The SMILES string of the molecule is Nc1cccc(C2(OC3CCCC(N)C3)C=CC=C3CCCC32)n1. The molecule has 1 aromatic heterocycles. The van der Waals surface area contributed by atoms with Gasteiger partial charge >= 0.3 is 0 Å². The molecule has 4 rings (SSSR count). The number of nitrogens with two attached hydrogens (primary N) is 2. The van der Waals surface area contributed by atoms with Crippen molar-refractivity contribution in [3.05, 3.63) is 47.7 Å². The number of anilines is 1. The van der Waals surface area contributed by atoms with E-state index in [-0.39, 0.29) is 12.1 Å². The third-order valence-electron chi connectivity index (χ3n) is 5.78. The molecule has 1 heterocycles. The first-order chi connectivity index (χ1) is 11.7. The Bertz CT molecular complexity index is 669. The van der Waals surface area contributed by atoms with E-state index in [4.69, 9.17) is 16.2 Å². The number of aromatic nitrogens is 1. The number of nitrogen functional groups attached to an aromatic ring is 1. The highest BCUT2D eigenvalue weighted by molar-refractivity contribution is 5.40. The molecule has 3 aliphatic carbocycles. The lowest BCUT2D eigenvalue weighted by Crippen LogP contribution is -2.44. The van der Waals surface area contributed by atoms with Gasteiger partial charge in [0.25, 0.3) is 0 Å². The summed E-state index contributed by atoms with van der Waals surface area (Å²) in [6.07, 6.45) is 14.6. The maximum Gasteiger partial charge on any atom is 0.135 e. The minimum absolute atomic E-state index is 0.196. The molecule has 0 amide bonds. The fraction of sp³-hybridized carbons (Fsp3) is 0.550. The molecule has 0 radical (unpaired) electrons. The Balaban J connectivity index is 1.72. The summed E-state index contributed by atoms with van der Waals surface area (Å²) in [6.45, 7) is 0. The smallest absolute Gasteiger partial charge is 0.135 e. The average molecular weight is 325 g/mol. The fourth-order valence-corrected chi connectivity index (χ4v) is 4.67. The molecule has 0 saturated heterocycles. The minimum atomic E-state index is -0.488. The maximum absolute atomic E-state index is 6.82. The number of hydrogen-bond donors (Lipinski definition) is 2. The molecule has 2 fully saturated rings. The molecular formula is C20H27N3O. The number of hydrogen-bond acceptors (Lipinski definition) is 4. The number of nitrogens with zero attached hydrogens (tertiary/aromatic N) is 1. The summed E-state index contributed by atoms with van der Waals surface area (Å²) in [6, 6.07) is 6.13. The van der Waals surface area contributed by atoms with Gasteiger partial charge in [0.2, 0.25) is 0 Å². The third-order valence-corrected chi connectivity index (χ3v) is 5.78. The van der Waals surface area contributed by atoms with E-state index in [9.17, 15) is 0 Å². The molecule has 4 N–H and O–H groups in total. The van der Waals surface area contributed by atoms with Gasteiger partial charge in [-0.05, 0) is 63.2 Å². The number of ether oxygens (including phenoxy) is 1. The van der Waals surface area contributed by atoms with Crippen LogP contribution in [0.25, 0.3) is 0 Å². The number of pyridine rings is 1. The summed E-state index contributed by atoms with van der Waals surface area (Å²) >= 11 is 0. The van der Waals surface area contributed by atoms with Crippen LogP contribution in [-0.4, -0.2) is 17.1 Å². The molecule has 2 saturated carbocycles. The number of rotatable bonds is 3. The van der Waals surface area contributed by atoms with Crippen molar-refractivity contribution in [2.75, 3.05) is 5.73 Å². The molecule has 4 atom stereocenters. The monoisotopic (exact) mass is 325 g/mol. The van der Waals surface area contributed by atoms with Gasteiger partial charge < -0.3 is 16.2 Å². The predicted octanol–water partition coefficient (Wildman–Crippen LogP) is 3.44. The van der Waals surface area contributed by atoms with E-state index in [0.717, 1.165) is 44.2 Å². The van der Waals surface area contributed by atoms with E-state index < -0.39 is 5.60 Å². The van der Waals surface area contributed by atoms with Crippen LogP contribution in [0.15, 0.2) is 42.0 Å². The van der Waals surface area contributed by atoms with Crippen LogP contribution in [0.5, 0.6) is 0 Å². The fourth-order valence-electron chi connectivity index (χ4n) is 4.67. The van der Waals surface area contributed by atoms with Crippen LogP contribution in [0.1, 0.15) is 50.6 Å². The van der Waals surface area contributed by atoms with E-state index in [0.29, 0.717) is 11.7 Å². The van der Waals surface area contributed by atoms with E-state index in [1.165, 1.54) is 12.0 Å². The molecule has 3 aliphatic rings. The Kier molecular flexibility index (Phi) is 4.19. The molecule has 24 heavy (non-hydrogen) atoms. The Hall–Kier alpha value is -1.65. The lowest BCUT2D eigenvalue weighted by Gasteiger charge is -2.43. The molecule has 4 unspecified atom stereocenters. The summed E-state index contributed by atoms with van der Waals surface area (Å²) < 4.78 is 6.82. The van der Waals surface area contributed by atoms with Crippen molar-refractivity contribution in [2.45, 2.75) is 62.7 Å². The zero-order valence-corrected chi connectivity index (χ0v) is 14.2. The quantitative estimate of drug-likeness (QED) is 0.893. The minimum Gasteiger partial charge on any atom is -0.384 e. The molecule has 4 heteroatoms. The molecule has 0 spiro atoms. The zero-order chi connectivity index (χ0) is 16.6. The van der Waals surface area contributed by atoms with Crippen LogP contribution in [0, 0.1) is 5.92 Å². The standard InChI is InChI=1S/C20H27N3O/c21-15-7-2-8-16(13-15)24-20(18-10-3-11-19(22)23-18)12-4-6-14-5-1-9-17(14)20/h3-4,6,10-12,15-17H,1-2,5,7-9,13,21H2,(H2,22,23). The highest BCUT2D eigenvalue weighted by Crippen LogP contribution is 2.50. The van der Waals surface area contributed by atoms with Gasteiger partial charge in [-0.25, -0.2) is 4.98 Å². The molecule has 0 aliphatic heterocycles. The first-order valence-corrected chi connectivity index (χ1v) is 9.22. The second-order valence-corrected chi connectivity index (χ2v) is 7.45. The Morgan fingerprint density at radius 2 is 2.08 bits per heavy atom. The second-order valence-electron chi connectivity index (χ2n) is 7.45. The van der Waals surface area contributed by atoms with Gasteiger partial charge in [0.1, 0.15) is 11.4 Å². The zero-order valence-electron chi connectivity index (χ0n) is 14.2. The summed E-state index contributed by atoms with van der Waals surface area (Å²) in [7, 11) is 0. The molecule has 128 valence electrons. The average Bonchev–Trinajstić information content (AvgIpc) is 3.05. The summed E-state index contributed by atoms with van der Waals surface area (Å²) in [4.78, 5) is 4.66. The lowest BCUT2D eigenvalue weighted by atomic mass is 9.76. The molecule has 4 nitrogen and oxygen atoms in total. The van der Waals surface area contributed by atoms with Gasteiger partial charge in [0.15, 0.2) is 0 Å². The van der Waals surface area contributed by atoms with E-state index in [1.54, 1.807) is 0 Å². The van der Waals surface area contributed by atoms with Crippen LogP contribution < -0.4 is 11.5 Å². The Morgan fingerprint density at radius 3 is 2.92 bits per heavy atom. The van der Waals surface area contributed by atoms with Crippen molar-refractivity contribution in [3.8, 4) is 0 Å². The van der Waals surface area contributed by atoms with Crippen molar-refractivity contribution < 1.29 is 4.74 Å². The van der Waals surface area contributed by atoms with Crippen LogP contribution in [0.3, 0.4) is 0 Å². The van der Waals surface area contributed by atoms with Crippen molar-refractivity contribution in [3.63, 3.8) is 0 Å². The topological polar surface area (TPSA) is 74.2 Å². The molecule has 0 bridgehead atoms. The number of fused-ring (bicyclic) bond motifs is 1. The molecule has 0 aromatic carbocycles. The van der Waals surface area contributed by atoms with Crippen LogP contribution >= 0.6 is 0 Å². The lowest BCUT2D eigenvalue weighted by molar-refractivity contribution is -0.110. The summed E-state index contributed by atoms with van der Waals surface area (Å²) in [5.41, 5.74) is 14.1. The normalized spacial score (nSPS) is 35.5. The first kappa shape index (κ1) is 15.9. The largest absolute Gasteiger partial charge is 0.384 e. The van der Waals surface area contributed by atoms with Gasteiger partial charge in [-0.15, -0.1) is 0 Å². The second kappa shape index (κ2) is 6.34. The first-order valence-electron chi connectivity index (χ1n) is 9.22. The van der Waals surface area contributed by atoms with Gasteiger partial charge in [0, 0.05) is 12.0 Å². The van der Waals surface area contributed by atoms with Crippen molar-refractivity contribution >= 4 is 5.82 Å². The van der Waals surface area contributed by atoms with Crippen LogP contribution in [0.2, 0.25) is 0 Å². The van der Waals surface area contributed by atoms with Crippen molar-refractivity contribution in [2.24, 2.45) is 11.7 Å². The van der Waals surface area contributed by atoms with Crippen LogP contribution in [-0.2, 0) is 10.3 Å².